The summed E-state index contributed by atoms with van der Waals surface area (Å²) in [6, 6.07) is 3.72. The number of carbonyl (C=O) groups is 3. The molecule has 1 rings (SSSR count). The van der Waals surface area contributed by atoms with E-state index in [-0.39, 0.29) is 18.6 Å². The Bertz CT molecular complexity index is 674. The fraction of sp³-hybridized carbons (Fsp3) is 0.438. The molecule has 0 heterocycles. The van der Waals surface area contributed by atoms with Gasteiger partial charge in [-0.05, 0) is 31.0 Å². The lowest BCUT2D eigenvalue weighted by atomic mass is 10.0. The highest BCUT2D eigenvalue weighted by Crippen LogP contribution is 2.26. The Morgan fingerprint density at radius 2 is 1.92 bits per heavy atom. The Morgan fingerprint density at radius 1 is 1.27 bits per heavy atom. The topological polar surface area (TPSA) is 102 Å². The Morgan fingerprint density at radius 3 is 2.46 bits per heavy atom. The molecule has 1 unspecified atom stereocenters. The highest BCUT2D eigenvalue weighted by atomic mass is 35.6. The van der Waals surface area contributed by atoms with E-state index in [1.807, 2.05) is 6.92 Å². The minimum atomic E-state index is -1.81. The van der Waals surface area contributed by atoms with Crippen molar-refractivity contribution in [1.29, 1.82) is 0 Å². The Kier molecular flexibility index (Phi) is 8.46. The molecule has 0 aliphatic carbocycles. The van der Waals surface area contributed by atoms with Crippen LogP contribution in [0.5, 0.6) is 5.75 Å². The van der Waals surface area contributed by atoms with Crippen molar-refractivity contribution in [3.8, 4) is 5.75 Å². The summed E-state index contributed by atoms with van der Waals surface area (Å²) < 4.78 is 7.97. The number of alkyl halides is 3. The van der Waals surface area contributed by atoms with Gasteiger partial charge in [-0.1, -0.05) is 40.9 Å². The Labute approximate surface area is 165 Å². The highest BCUT2D eigenvalue weighted by molar-refractivity contribution is 6.67. The fourth-order valence-electron chi connectivity index (χ4n) is 2.03. The van der Waals surface area contributed by atoms with E-state index in [1.54, 1.807) is 18.2 Å². The third kappa shape index (κ3) is 7.68. The lowest BCUT2D eigenvalue weighted by molar-refractivity contribution is -0.139. The van der Waals surface area contributed by atoms with Crippen LogP contribution in [0, 0.1) is 6.92 Å². The number of amides is 1. The van der Waals surface area contributed by atoms with Gasteiger partial charge < -0.3 is 19.9 Å². The molecule has 7 nitrogen and oxygen atoms in total. The molecule has 0 fully saturated rings. The number of ether oxygens (including phenoxy) is 2. The molecule has 10 heteroatoms. The molecular weight excluding hydrogens is 409 g/mol. The van der Waals surface area contributed by atoms with E-state index in [0.717, 1.165) is 5.56 Å². The number of benzene rings is 1. The zero-order valence-electron chi connectivity index (χ0n) is 14.1. The molecule has 0 spiro atoms. The zero-order valence-corrected chi connectivity index (χ0v) is 16.3. The number of rotatable bonds is 8. The van der Waals surface area contributed by atoms with Crippen molar-refractivity contribution in [3.63, 3.8) is 0 Å². The number of carboxylic acid groups (broad SMARTS) is 1. The molecule has 1 atom stereocenters. The largest absolute Gasteiger partial charge is 0.496 e. The summed E-state index contributed by atoms with van der Waals surface area (Å²) in [4.78, 5) is 35.2. The van der Waals surface area contributed by atoms with Gasteiger partial charge in [-0.2, -0.15) is 0 Å². The van der Waals surface area contributed by atoms with Gasteiger partial charge in [-0.3, -0.25) is 4.79 Å². The van der Waals surface area contributed by atoms with Gasteiger partial charge >= 0.3 is 12.1 Å². The molecule has 0 aromatic heterocycles. The summed E-state index contributed by atoms with van der Waals surface area (Å²) in [6.45, 7) is 1.30. The third-order valence-corrected chi connectivity index (χ3v) is 3.60. The number of carbonyl (C=O) groups excluding carboxylic acids is 2. The summed E-state index contributed by atoms with van der Waals surface area (Å²) >= 11 is 16.3. The zero-order chi connectivity index (χ0) is 19.9. The number of alkyl carbamates (subject to hydrolysis) is 1. The SMILES string of the molecule is COc1cc(C)ccc1C(=O)CCC(NC(=O)OCC(Cl)(Cl)Cl)C(=O)O. The van der Waals surface area contributed by atoms with E-state index in [2.05, 4.69) is 10.1 Å². The second kappa shape index (κ2) is 9.85. The van der Waals surface area contributed by atoms with Crippen LogP contribution in [0.1, 0.15) is 28.8 Å². The molecule has 26 heavy (non-hydrogen) atoms. The van der Waals surface area contributed by atoms with Crippen LogP contribution in [0.15, 0.2) is 18.2 Å². The van der Waals surface area contributed by atoms with Crippen molar-refractivity contribution in [1.82, 2.24) is 5.32 Å². The molecule has 0 radical (unpaired) electrons. The van der Waals surface area contributed by atoms with Crippen molar-refractivity contribution in [2.45, 2.75) is 29.6 Å². The second-order valence-electron chi connectivity index (χ2n) is 5.39. The number of Topliss-reactive ketones (excluding diaryl/α,β-unsaturated/α-hetero) is 1. The number of ketones is 1. The molecule has 0 bridgehead atoms. The number of halogens is 3. The van der Waals surface area contributed by atoms with E-state index >= 15 is 0 Å². The van der Waals surface area contributed by atoms with Crippen LogP contribution in [0.3, 0.4) is 0 Å². The predicted molar refractivity (Wildman–Crippen MR) is 97.5 cm³/mol. The van der Waals surface area contributed by atoms with E-state index in [4.69, 9.17) is 39.5 Å². The summed E-state index contributed by atoms with van der Waals surface area (Å²) in [7, 11) is 1.44. The van der Waals surface area contributed by atoms with Gasteiger partial charge in [0.15, 0.2) is 5.78 Å². The monoisotopic (exact) mass is 425 g/mol. The van der Waals surface area contributed by atoms with Gasteiger partial charge in [-0.25, -0.2) is 9.59 Å². The summed E-state index contributed by atoms with van der Waals surface area (Å²) in [5, 5.41) is 11.3. The Hall–Kier alpha value is -1.70. The first-order valence-electron chi connectivity index (χ1n) is 7.44. The van der Waals surface area contributed by atoms with Crippen LogP contribution in [0.25, 0.3) is 0 Å². The van der Waals surface area contributed by atoms with Crippen molar-refractivity contribution in [2.75, 3.05) is 13.7 Å². The van der Waals surface area contributed by atoms with Gasteiger partial charge in [-0.15, -0.1) is 0 Å². The van der Waals surface area contributed by atoms with Crippen LogP contribution in [-0.4, -0.2) is 46.5 Å². The second-order valence-corrected chi connectivity index (χ2v) is 7.91. The van der Waals surface area contributed by atoms with Gasteiger partial charge in [0.05, 0.1) is 12.7 Å². The van der Waals surface area contributed by atoms with Crippen molar-refractivity contribution < 1.29 is 29.0 Å². The minimum absolute atomic E-state index is 0.124. The van der Waals surface area contributed by atoms with Crippen LogP contribution in [0.2, 0.25) is 0 Å². The van der Waals surface area contributed by atoms with Gasteiger partial charge in [0.25, 0.3) is 0 Å². The standard InChI is InChI=1S/C16H18Cl3NO6/c1-9-3-4-10(13(7-9)25-2)12(21)6-5-11(14(22)23)20-15(24)26-8-16(17,18)19/h3-4,7,11H,5-6,8H2,1-2H3,(H,20,24)(H,22,23). The minimum Gasteiger partial charge on any atom is -0.496 e. The quantitative estimate of drug-likeness (QED) is 0.487. The molecule has 2 N–H and O–H groups in total. The number of hydrogen-bond acceptors (Lipinski definition) is 5. The number of carboxylic acids is 1. The number of nitrogens with one attached hydrogen (secondary N) is 1. The van der Waals surface area contributed by atoms with E-state index in [9.17, 15) is 19.5 Å². The smallest absolute Gasteiger partial charge is 0.407 e. The molecule has 0 aliphatic heterocycles. The summed E-state index contributed by atoms with van der Waals surface area (Å²) in [5.41, 5.74) is 1.25. The number of methoxy groups -OCH3 is 1. The van der Waals surface area contributed by atoms with E-state index in [0.29, 0.717) is 11.3 Å². The first kappa shape index (κ1) is 22.3. The maximum atomic E-state index is 12.3. The van der Waals surface area contributed by atoms with Gasteiger partial charge in [0, 0.05) is 6.42 Å². The molecule has 0 saturated heterocycles. The molecule has 1 amide bonds. The Balaban J connectivity index is 2.67. The van der Waals surface area contributed by atoms with Crippen LogP contribution in [-0.2, 0) is 9.53 Å². The van der Waals surface area contributed by atoms with Crippen molar-refractivity contribution >= 4 is 52.6 Å². The molecule has 144 valence electrons. The highest BCUT2D eigenvalue weighted by Gasteiger charge is 2.26. The van der Waals surface area contributed by atoms with E-state index in [1.165, 1.54) is 7.11 Å². The van der Waals surface area contributed by atoms with Crippen LogP contribution in [0.4, 0.5) is 4.79 Å². The summed E-state index contributed by atoms with van der Waals surface area (Å²) in [6.07, 6.45) is -1.33. The van der Waals surface area contributed by atoms with E-state index < -0.39 is 28.5 Å². The maximum absolute atomic E-state index is 12.3. The normalized spacial score (nSPS) is 12.2. The molecule has 1 aromatic rings. The maximum Gasteiger partial charge on any atom is 0.407 e. The predicted octanol–water partition coefficient (Wildman–Crippen LogP) is 3.52. The van der Waals surface area contributed by atoms with Gasteiger partial charge in [0.1, 0.15) is 18.4 Å². The molecule has 1 aromatic carbocycles. The van der Waals surface area contributed by atoms with Crippen molar-refractivity contribution in [2.24, 2.45) is 0 Å². The average molecular weight is 427 g/mol. The lowest BCUT2D eigenvalue weighted by Gasteiger charge is -2.16. The molecular formula is C16H18Cl3NO6. The number of hydrogen-bond donors (Lipinski definition) is 2. The number of aryl methyl sites for hydroxylation is 1. The molecule has 0 aliphatic rings. The third-order valence-electron chi connectivity index (χ3n) is 3.27. The average Bonchev–Trinajstić information content (AvgIpc) is 2.55. The van der Waals surface area contributed by atoms with Crippen LogP contribution >= 0.6 is 34.8 Å². The molecule has 0 saturated carbocycles. The number of aliphatic carboxylic acids is 1. The van der Waals surface area contributed by atoms with Gasteiger partial charge in [0.2, 0.25) is 3.79 Å². The summed E-state index contributed by atoms with van der Waals surface area (Å²) in [5.74, 6) is -1.24. The fourth-order valence-corrected chi connectivity index (χ4v) is 2.19. The first-order chi connectivity index (χ1) is 12.0. The van der Waals surface area contributed by atoms with Crippen LogP contribution < -0.4 is 10.1 Å². The first-order valence-corrected chi connectivity index (χ1v) is 8.57. The lowest BCUT2D eigenvalue weighted by Crippen LogP contribution is -2.42. The van der Waals surface area contributed by atoms with Crippen molar-refractivity contribution in [3.05, 3.63) is 29.3 Å².